The van der Waals surface area contributed by atoms with Gasteiger partial charge in [-0.25, -0.2) is 4.68 Å². The minimum Gasteiger partial charge on any atom is -0.317 e. The van der Waals surface area contributed by atoms with E-state index in [9.17, 15) is 4.79 Å². The molecule has 5 heteroatoms. The predicted octanol–water partition coefficient (Wildman–Crippen LogP) is 3.08. The number of rotatable bonds is 4. The summed E-state index contributed by atoms with van der Waals surface area (Å²) >= 11 is 0. The monoisotopic (exact) mass is 336 g/mol. The molecule has 2 saturated carbocycles. The van der Waals surface area contributed by atoms with Crippen molar-refractivity contribution in [2.45, 2.75) is 38.0 Å². The molecule has 1 spiro atoms. The second-order valence-corrected chi connectivity index (χ2v) is 7.83. The average Bonchev–Trinajstić information content (AvgIpc) is 3.56. The van der Waals surface area contributed by atoms with E-state index in [1.165, 1.54) is 12.8 Å². The number of nitrogens with zero attached hydrogens (tertiary/aromatic N) is 2. The number of amides is 1. The Morgan fingerprint density at radius 1 is 1.20 bits per heavy atom. The maximum Gasteiger partial charge on any atom is 0.229 e. The van der Waals surface area contributed by atoms with Crippen molar-refractivity contribution >= 4 is 11.7 Å². The molecule has 1 aromatic carbocycles. The third-order valence-corrected chi connectivity index (χ3v) is 6.08. The van der Waals surface area contributed by atoms with Crippen LogP contribution in [-0.2, 0) is 4.79 Å². The highest BCUT2D eigenvalue weighted by molar-refractivity contribution is 5.94. The van der Waals surface area contributed by atoms with Gasteiger partial charge in [-0.05, 0) is 62.7 Å². The van der Waals surface area contributed by atoms with Crippen molar-refractivity contribution in [2.75, 3.05) is 18.4 Å². The van der Waals surface area contributed by atoms with Crippen LogP contribution in [-0.4, -0.2) is 28.8 Å². The number of carbonyl (C=O) groups is 1. The fraction of sp³-hybridized carbons (Fsp3) is 0.500. The van der Waals surface area contributed by atoms with E-state index in [1.54, 1.807) is 0 Å². The number of hydrogen-bond donors (Lipinski definition) is 2. The first-order valence-corrected chi connectivity index (χ1v) is 9.42. The second kappa shape index (κ2) is 5.70. The zero-order valence-electron chi connectivity index (χ0n) is 14.4. The summed E-state index contributed by atoms with van der Waals surface area (Å²) in [6.45, 7) is 2.08. The van der Waals surface area contributed by atoms with Crippen LogP contribution >= 0.6 is 0 Å². The Labute approximate surface area is 147 Å². The van der Waals surface area contributed by atoms with Crippen LogP contribution in [0.2, 0.25) is 0 Å². The summed E-state index contributed by atoms with van der Waals surface area (Å²) in [4.78, 5) is 12.9. The molecule has 1 aliphatic heterocycles. The molecule has 2 heterocycles. The van der Waals surface area contributed by atoms with Crippen molar-refractivity contribution in [3.05, 3.63) is 42.1 Å². The number of aromatic nitrogens is 2. The van der Waals surface area contributed by atoms with E-state index in [-0.39, 0.29) is 17.2 Å². The molecule has 1 atom stereocenters. The van der Waals surface area contributed by atoms with Gasteiger partial charge in [-0.3, -0.25) is 4.79 Å². The molecular formula is C20H24N4O. The number of anilines is 1. The van der Waals surface area contributed by atoms with Crippen molar-refractivity contribution in [3.8, 4) is 5.69 Å². The number of nitrogens with one attached hydrogen (secondary N) is 2. The Kier molecular flexibility index (Phi) is 3.45. The standard InChI is InChI=1S/C20H24N4O/c25-19(16-13-20(16)8-10-21-11-9-20)22-18-12-17(14-6-7-14)23-24(18)15-4-2-1-3-5-15/h1-5,12,14,16,21H,6-11,13H2,(H,22,25). The second-order valence-electron chi connectivity index (χ2n) is 7.83. The molecule has 2 aromatic rings. The van der Waals surface area contributed by atoms with E-state index in [1.807, 2.05) is 35.0 Å². The van der Waals surface area contributed by atoms with Crippen LogP contribution in [0.3, 0.4) is 0 Å². The highest BCUT2D eigenvalue weighted by Crippen LogP contribution is 2.58. The molecule has 0 radical (unpaired) electrons. The van der Waals surface area contributed by atoms with E-state index in [0.717, 1.165) is 49.6 Å². The van der Waals surface area contributed by atoms with Gasteiger partial charge >= 0.3 is 0 Å². The highest BCUT2D eigenvalue weighted by atomic mass is 16.2. The number of hydrogen-bond acceptors (Lipinski definition) is 3. The third kappa shape index (κ3) is 2.76. The SMILES string of the molecule is O=C(Nc1cc(C2CC2)nn1-c1ccccc1)C1CC12CCNCC2. The largest absolute Gasteiger partial charge is 0.317 e. The van der Waals surface area contributed by atoms with Crippen molar-refractivity contribution in [2.24, 2.45) is 11.3 Å². The Bertz CT molecular complexity index is 787. The molecule has 1 unspecified atom stereocenters. The first-order valence-electron chi connectivity index (χ1n) is 9.42. The third-order valence-electron chi connectivity index (χ3n) is 6.08. The zero-order chi connectivity index (χ0) is 16.9. The lowest BCUT2D eigenvalue weighted by Gasteiger charge is -2.23. The molecule has 1 aromatic heterocycles. The van der Waals surface area contributed by atoms with Crippen LogP contribution in [0.4, 0.5) is 5.82 Å². The average molecular weight is 336 g/mol. The van der Waals surface area contributed by atoms with Gasteiger partial charge in [0.15, 0.2) is 0 Å². The van der Waals surface area contributed by atoms with Gasteiger partial charge < -0.3 is 10.6 Å². The van der Waals surface area contributed by atoms with Crippen molar-refractivity contribution in [3.63, 3.8) is 0 Å². The first-order chi connectivity index (χ1) is 12.3. The van der Waals surface area contributed by atoms with Crippen molar-refractivity contribution in [1.82, 2.24) is 15.1 Å². The molecule has 130 valence electrons. The molecule has 2 aliphatic carbocycles. The normalized spacial score (nSPS) is 24.2. The lowest BCUT2D eigenvalue weighted by atomic mass is 9.92. The molecule has 25 heavy (non-hydrogen) atoms. The van der Waals surface area contributed by atoms with E-state index in [4.69, 9.17) is 5.10 Å². The number of para-hydroxylation sites is 1. The van der Waals surface area contributed by atoms with Gasteiger partial charge in [0.25, 0.3) is 0 Å². The van der Waals surface area contributed by atoms with Crippen molar-refractivity contribution in [1.29, 1.82) is 0 Å². The first kappa shape index (κ1) is 15.1. The zero-order valence-corrected chi connectivity index (χ0v) is 14.4. The van der Waals surface area contributed by atoms with E-state index >= 15 is 0 Å². The van der Waals surface area contributed by atoms with Crippen LogP contribution in [0.15, 0.2) is 36.4 Å². The fourth-order valence-electron chi connectivity index (χ4n) is 4.24. The number of piperidine rings is 1. The summed E-state index contributed by atoms with van der Waals surface area (Å²) in [5.74, 6) is 1.71. The molecule has 0 bridgehead atoms. The quantitative estimate of drug-likeness (QED) is 0.902. The maximum absolute atomic E-state index is 12.9. The molecule has 3 fully saturated rings. The molecule has 5 rings (SSSR count). The van der Waals surface area contributed by atoms with Gasteiger partial charge in [-0.15, -0.1) is 0 Å². The van der Waals surface area contributed by atoms with Crippen LogP contribution in [0, 0.1) is 11.3 Å². The molecule has 1 amide bonds. The van der Waals surface area contributed by atoms with E-state index in [0.29, 0.717) is 5.92 Å². The molecule has 1 saturated heterocycles. The van der Waals surface area contributed by atoms with Gasteiger partial charge in [-0.1, -0.05) is 18.2 Å². The molecule has 5 nitrogen and oxygen atoms in total. The summed E-state index contributed by atoms with van der Waals surface area (Å²) < 4.78 is 1.89. The van der Waals surface area contributed by atoms with Gasteiger partial charge in [0.1, 0.15) is 5.82 Å². The Balaban J connectivity index is 1.39. The fourth-order valence-corrected chi connectivity index (χ4v) is 4.24. The topological polar surface area (TPSA) is 59.0 Å². The Morgan fingerprint density at radius 3 is 2.68 bits per heavy atom. The summed E-state index contributed by atoms with van der Waals surface area (Å²) in [5, 5.41) is 11.4. The minimum absolute atomic E-state index is 0.165. The van der Waals surface area contributed by atoms with Gasteiger partial charge in [0, 0.05) is 17.9 Å². The summed E-state index contributed by atoms with van der Waals surface area (Å²) in [6, 6.07) is 12.1. The lowest BCUT2D eigenvalue weighted by Crippen LogP contribution is -2.31. The summed E-state index contributed by atoms with van der Waals surface area (Å²) in [7, 11) is 0. The van der Waals surface area contributed by atoms with Gasteiger partial charge in [0.2, 0.25) is 5.91 Å². The number of carbonyl (C=O) groups excluding carboxylic acids is 1. The molecular weight excluding hydrogens is 312 g/mol. The predicted molar refractivity (Wildman–Crippen MR) is 96.8 cm³/mol. The minimum atomic E-state index is 0.165. The highest BCUT2D eigenvalue weighted by Gasteiger charge is 2.57. The lowest BCUT2D eigenvalue weighted by molar-refractivity contribution is -0.118. The molecule has 3 aliphatic rings. The van der Waals surface area contributed by atoms with Gasteiger partial charge in [0.05, 0.1) is 11.4 Å². The maximum atomic E-state index is 12.9. The van der Waals surface area contributed by atoms with Crippen LogP contribution in [0.25, 0.3) is 5.69 Å². The van der Waals surface area contributed by atoms with Crippen LogP contribution in [0.5, 0.6) is 0 Å². The van der Waals surface area contributed by atoms with E-state index in [2.05, 4.69) is 16.7 Å². The van der Waals surface area contributed by atoms with Crippen molar-refractivity contribution < 1.29 is 4.79 Å². The Hall–Kier alpha value is -2.14. The molecule has 2 N–H and O–H groups in total. The number of benzene rings is 1. The smallest absolute Gasteiger partial charge is 0.229 e. The summed E-state index contributed by atoms with van der Waals surface area (Å²) in [6.07, 6.45) is 5.69. The van der Waals surface area contributed by atoms with E-state index < -0.39 is 0 Å². The summed E-state index contributed by atoms with van der Waals surface area (Å²) in [5.41, 5.74) is 2.36. The van der Waals surface area contributed by atoms with Crippen LogP contribution < -0.4 is 10.6 Å². The van der Waals surface area contributed by atoms with Crippen LogP contribution in [0.1, 0.15) is 43.7 Å². The Morgan fingerprint density at radius 2 is 1.96 bits per heavy atom. The van der Waals surface area contributed by atoms with Gasteiger partial charge in [-0.2, -0.15) is 5.10 Å².